The van der Waals surface area contributed by atoms with Crippen molar-refractivity contribution in [1.82, 2.24) is 4.90 Å². The highest BCUT2D eigenvalue weighted by atomic mass is 16.3. The van der Waals surface area contributed by atoms with Crippen LogP contribution in [0.5, 0.6) is 0 Å². The van der Waals surface area contributed by atoms with Crippen molar-refractivity contribution in [2.75, 3.05) is 19.6 Å². The summed E-state index contributed by atoms with van der Waals surface area (Å²) in [4.78, 5) is 14.2. The van der Waals surface area contributed by atoms with Gasteiger partial charge in [0.2, 0.25) is 0 Å². The van der Waals surface area contributed by atoms with Gasteiger partial charge in [0.25, 0.3) is 0 Å². The van der Waals surface area contributed by atoms with Gasteiger partial charge in [-0.15, -0.1) is 0 Å². The molecule has 0 saturated carbocycles. The van der Waals surface area contributed by atoms with E-state index in [1.54, 1.807) is 6.07 Å². The van der Waals surface area contributed by atoms with Crippen molar-refractivity contribution in [3.63, 3.8) is 0 Å². The molecule has 1 saturated heterocycles. The number of hydrogen-bond donors (Lipinski definition) is 0. The summed E-state index contributed by atoms with van der Waals surface area (Å²) in [5, 5.41) is 0. The fourth-order valence-corrected chi connectivity index (χ4v) is 2.25. The Morgan fingerprint density at radius 3 is 2.71 bits per heavy atom. The maximum Gasteiger partial charge on any atom is 0.199 e. The normalized spacial score (nSPS) is 18.5. The largest absolute Gasteiger partial charge is 0.458 e. The van der Waals surface area contributed by atoms with Gasteiger partial charge in [0.15, 0.2) is 11.5 Å². The minimum absolute atomic E-state index is 0.122. The molecule has 2 rings (SSSR count). The van der Waals surface area contributed by atoms with Crippen LogP contribution in [0.1, 0.15) is 42.5 Å². The zero-order valence-corrected chi connectivity index (χ0v) is 10.7. The Bertz CT molecular complexity index is 375. The highest BCUT2D eigenvalue weighted by Crippen LogP contribution is 2.16. The first-order valence-corrected chi connectivity index (χ1v) is 6.47. The number of carbonyl (C=O) groups is 1. The van der Waals surface area contributed by atoms with Crippen LogP contribution in [0.25, 0.3) is 0 Å². The second-order valence-corrected chi connectivity index (χ2v) is 5.11. The molecule has 1 aliphatic heterocycles. The third-order valence-corrected chi connectivity index (χ3v) is 3.55. The number of piperidine rings is 1. The molecule has 3 heteroatoms. The molecule has 0 unspecified atom stereocenters. The summed E-state index contributed by atoms with van der Waals surface area (Å²) >= 11 is 0. The molecule has 0 spiro atoms. The van der Waals surface area contributed by atoms with Crippen LogP contribution in [-0.4, -0.2) is 30.3 Å². The lowest BCUT2D eigenvalue weighted by atomic mass is 9.99. The predicted molar refractivity (Wildman–Crippen MR) is 67.2 cm³/mol. The molecule has 94 valence electrons. The third-order valence-electron chi connectivity index (χ3n) is 3.55. The zero-order chi connectivity index (χ0) is 12.3. The smallest absolute Gasteiger partial charge is 0.199 e. The second kappa shape index (κ2) is 5.50. The second-order valence-electron chi connectivity index (χ2n) is 5.11. The van der Waals surface area contributed by atoms with E-state index in [4.69, 9.17) is 4.42 Å². The molecular weight excluding hydrogens is 214 g/mol. The highest BCUT2D eigenvalue weighted by Gasteiger charge is 2.17. The van der Waals surface area contributed by atoms with Gasteiger partial charge in [-0.05, 0) is 50.9 Å². The number of rotatable bonds is 4. The Labute approximate surface area is 103 Å². The summed E-state index contributed by atoms with van der Waals surface area (Å²) < 4.78 is 5.33. The Hall–Kier alpha value is -1.09. The molecule has 1 aromatic heterocycles. The monoisotopic (exact) mass is 235 g/mol. The molecular formula is C14H21NO2. The van der Waals surface area contributed by atoms with E-state index in [-0.39, 0.29) is 5.78 Å². The van der Waals surface area contributed by atoms with Crippen molar-refractivity contribution in [3.05, 3.63) is 23.7 Å². The number of furan rings is 1. The number of Topliss-reactive ketones (excluding diaryl/α,β-unsaturated/α-hetero) is 1. The van der Waals surface area contributed by atoms with Crippen molar-refractivity contribution in [2.45, 2.75) is 33.1 Å². The van der Waals surface area contributed by atoms with E-state index in [1.807, 2.05) is 13.0 Å². The standard InChI is InChI=1S/C14H21NO2/c1-11-5-8-15(9-6-11)10-7-13(16)14-4-3-12(2)17-14/h3-4,11H,5-10H2,1-2H3. The fraction of sp³-hybridized carbons (Fsp3) is 0.643. The lowest BCUT2D eigenvalue weighted by molar-refractivity contribution is 0.0925. The molecule has 0 aromatic carbocycles. The lowest BCUT2D eigenvalue weighted by Crippen LogP contribution is -2.34. The van der Waals surface area contributed by atoms with E-state index in [9.17, 15) is 4.79 Å². The first kappa shape index (κ1) is 12.4. The van der Waals surface area contributed by atoms with Crippen LogP contribution in [0.15, 0.2) is 16.5 Å². The van der Waals surface area contributed by atoms with Gasteiger partial charge in [0.05, 0.1) is 0 Å². The van der Waals surface area contributed by atoms with E-state index in [2.05, 4.69) is 11.8 Å². The minimum Gasteiger partial charge on any atom is -0.458 e. The van der Waals surface area contributed by atoms with Gasteiger partial charge in [-0.25, -0.2) is 0 Å². The lowest BCUT2D eigenvalue weighted by Gasteiger charge is -2.29. The molecule has 0 N–H and O–H groups in total. The van der Waals surface area contributed by atoms with Crippen molar-refractivity contribution >= 4 is 5.78 Å². The van der Waals surface area contributed by atoms with Gasteiger partial charge >= 0.3 is 0 Å². The summed E-state index contributed by atoms with van der Waals surface area (Å²) in [5.74, 6) is 2.28. The SMILES string of the molecule is Cc1ccc(C(=O)CCN2CCC(C)CC2)o1. The molecule has 0 radical (unpaired) electrons. The van der Waals surface area contributed by atoms with Gasteiger partial charge in [-0.2, -0.15) is 0 Å². The van der Waals surface area contributed by atoms with Crippen molar-refractivity contribution < 1.29 is 9.21 Å². The third kappa shape index (κ3) is 3.43. The van der Waals surface area contributed by atoms with E-state index >= 15 is 0 Å². The number of likely N-dealkylation sites (tertiary alicyclic amines) is 1. The molecule has 0 aliphatic carbocycles. The summed E-state index contributed by atoms with van der Waals surface area (Å²) in [6.45, 7) is 7.29. The summed E-state index contributed by atoms with van der Waals surface area (Å²) in [5.41, 5.74) is 0. The number of nitrogens with zero attached hydrogens (tertiary/aromatic N) is 1. The average molecular weight is 235 g/mol. The maximum atomic E-state index is 11.8. The maximum absolute atomic E-state index is 11.8. The van der Waals surface area contributed by atoms with Crippen LogP contribution >= 0.6 is 0 Å². The fourth-order valence-electron chi connectivity index (χ4n) is 2.25. The quantitative estimate of drug-likeness (QED) is 0.752. The van der Waals surface area contributed by atoms with Crippen LogP contribution in [0.4, 0.5) is 0 Å². The van der Waals surface area contributed by atoms with Gasteiger partial charge in [-0.1, -0.05) is 6.92 Å². The topological polar surface area (TPSA) is 33.5 Å². The highest BCUT2D eigenvalue weighted by molar-refractivity contribution is 5.93. The molecule has 1 aromatic rings. The van der Waals surface area contributed by atoms with E-state index in [0.717, 1.165) is 31.3 Å². The van der Waals surface area contributed by atoms with E-state index < -0.39 is 0 Å². The van der Waals surface area contributed by atoms with Crippen LogP contribution in [0, 0.1) is 12.8 Å². The molecule has 0 amide bonds. The van der Waals surface area contributed by atoms with Crippen molar-refractivity contribution in [3.8, 4) is 0 Å². The van der Waals surface area contributed by atoms with Gasteiger partial charge < -0.3 is 9.32 Å². The molecule has 1 fully saturated rings. The van der Waals surface area contributed by atoms with Crippen LogP contribution in [-0.2, 0) is 0 Å². The molecule has 0 atom stereocenters. The Morgan fingerprint density at radius 2 is 2.12 bits per heavy atom. The Kier molecular flexibility index (Phi) is 4.00. The molecule has 1 aliphatic rings. The predicted octanol–water partition coefficient (Wildman–Crippen LogP) is 2.89. The van der Waals surface area contributed by atoms with Crippen LogP contribution < -0.4 is 0 Å². The van der Waals surface area contributed by atoms with Gasteiger partial charge in [-0.3, -0.25) is 4.79 Å². The summed E-state index contributed by atoms with van der Waals surface area (Å²) in [6, 6.07) is 3.62. The first-order valence-electron chi connectivity index (χ1n) is 6.47. The summed E-state index contributed by atoms with van der Waals surface area (Å²) in [6.07, 6.45) is 3.09. The zero-order valence-electron chi connectivity index (χ0n) is 10.7. The Balaban J connectivity index is 1.76. The number of aryl methyl sites for hydroxylation is 1. The van der Waals surface area contributed by atoms with Crippen LogP contribution in [0.3, 0.4) is 0 Å². The van der Waals surface area contributed by atoms with Crippen molar-refractivity contribution in [2.24, 2.45) is 5.92 Å². The number of carbonyl (C=O) groups excluding carboxylic acids is 1. The number of ketones is 1. The Morgan fingerprint density at radius 1 is 1.41 bits per heavy atom. The molecule has 3 nitrogen and oxygen atoms in total. The van der Waals surface area contributed by atoms with Gasteiger partial charge in [0, 0.05) is 13.0 Å². The van der Waals surface area contributed by atoms with Gasteiger partial charge in [0.1, 0.15) is 5.76 Å². The molecule has 17 heavy (non-hydrogen) atoms. The first-order chi connectivity index (χ1) is 8.15. The average Bonchev–Trinajstić information content (AvgIpc) is 2.75. The van der Waals surface area contributed by atoms with Crippen molar-refractivity contribution in [1.29, 1.82) is 0 Å². The summed E-state index contributed by atoms with van der Waals surface area (Å²) in [7, 11) is 0. The van der Waals surface area contributed by atoms with Crippen LogP contribution in [0.2, 0.25) is 0 Å². The number of hydrogen-bond acceptors (Lipinski definition) is 3. The van der Waals surface area contributed by atoms with E-state index in [1.165, 1.54) is 12.8 Å². The molecule has 0 bridgehead atoms. The molecule has 2 heterocycles. The minimum atomic E-state index is 0.122. The van der Waals surface area contributed by atoms with E-state index in [0.29, 0.717) is 12.2 Å².